The van der Waals surface area contributed by atoms with Crippen LogP contribution in [-0.2, 0) is 0 Å². The number of anilines is 2. The second kappa shape index (κ2) is 9.31. The van der Waals surface area contributed by atoms with Crippen molar-refractivity contribution in [2.24, 2.45) is 0 Å². The minimum absolute atomic E-state index is 0.197. The first-order chi connectivity index (χ1) is 17.7. The summed E-state index contributed by atoms with van der Waals surface area (Å²) in [6.07, 6.45) is 0. The van der Waals surface area contributed by atoms with Crippen LogP contribution in [0.5, 0.6) is 11.8 Å². The van der Waals surface area contributed by atoms with Gasteiger partial charge < -0.3 is 10.1 Å². The molecule has 1 aliphatic heterocycles. The second-order valence-corrected chi connectivity index (χ2v) is 8.94. The van der Waals surface area contributed by atoms with Crippen molar-refractivity contribution in [2.75, 3.05) is 10.2 Å². The van der Waals surface area contributed by atoms with E-state index < -0.39 is 17.7 Å². The van der Waals surface area contributed by atoms with Gasteiger partial charge in [0.2, 0.25) is 0 Å². The molecule has 0 atom stereocenters. The highest BCUT2D eigenvalue weighted by Gasteiger charge is 2.38. The smallest absolute Gasteiger partial charge is 0.322 e. The van der Waals surface area contributed by atoms with Gasteiger partial charge in [-0.3, -0.25) is 14.4 Å². The molecule has 0 saturated heterocycles. The van der Waals surface area contributed by atoms with Gasteiger partial charge in [0.25, 0.3) is 17.7 Å². The molecule has 37 heavy (non-hydrogen) atoms. The minimum Gasteiger partial charge on any atom is -0.424 e. The fourth-order valence-electron chi connectivity index (χ4n) is 4.26. The standard InChI is InChI=1S/C29H24N4O4/c1-16-7-5-10-25(19(16)4)33-27(35)23-12-11-20(14-24(23)28(33)36)26(34)32-21-8-6-9-22(15-21)37-29-30-17(2)13-18(3)31-29/h5-15H,1-4H3,(H,32,34). The van der Waals surface area contributed by atoms with Crippen LogP contribution in [0, 0.1) is 27.7 Å². The molecule has 4 aromatic rings. The van der Waals surface area contributed by atoms with Crippen molar-refractivity contribution in [2.45, 2.75) is 27.7 Å². The fraction of sp³-hybridized carbons (Fsp3) is 0.138. The van der Waals surface area contributed by atoms with Gasteiger partial charge in [-0.2, -0.15) is 0 Å². The van der Waals surface area contributed by atoms with Gasteiger partial charge in [0.1, 0.15) is 5.75 Å². The average Bonchev–Trinajstić information content (AvgIpc) is 3.10. The maximum atomic E-state index is 13.2. The van der Waals surface area contributed by atoms with Gasteiger partial charge in [0, 0.05) is 28.7 Å². The van der Waals surface area contributed by atoms with Crippen LogP contribution >= 0.6 is 0 Å². The highest BCUT2D eigenvalue weighted by molar-refractivity contribution is 6.35. The summed E-state index contributed by atoms with van der Waals surface area (Å²) in [5.41, 5.74) is 5.15. The number of aryl methyl sites for hydroxylation is 3. The van der Waals surface area contributed by atoms with Crippen molar-refractivity contribution in [1.82, 2.24) is 9.97 Å². The number of aromatic nitrogens is 2. The molecule has 1 N–H and O–H groups in total. The van der Waals surface area contributed by atoms with Crippen molar-refractivity contribution in [3.8, 4) is 11.8 Å². The van der Waals surface area contributed by atoms with Crippen LogP contribution in [0.15, 0.2) is 66.7 Å². The zero-order valence-electron chi connectivity index (χ0n) is 20.8. The number of rotatable bonds is 5. The average molecular weight is 493 g/mol. The van der Waals surface area contributed by atoms with E-state index in [9.17, 15) is 14.4 Å². The Kier molecular flexibility index (Phi) is 6.01. The number of fused-ring (bicyclic) bond motifs is 1. The van der Waals surface area contributed by atoms with Gasteiger partial charge in [-0.1, -0.05) is 18.2 Å². The molecule has 0 unspecified atom stereocenters. The van der Waals surface area contributed by atoms with Crippen LogP contribution in [0.1, 0.15) is 53.6 Å². The van der Waals surface area contributed by atoms with Gasteiger partial charge in [-0.25, -0.2) is 14.9 Å². The Morgan fingerprint density at radius 2 is 1.51 bits per heavy atom. The molecule has 1 aliphatic rings. The topological polar surface area (TPSA) is 101 Å². The summed E-state index contributed by atoms with van der Waals surface area (Å²) in [4.78, 5) is 49.0. The second-order valence-electron chi connectivity index (χ2n) is 8.94. The van der Waals surface area contributed by atoms with Crippen molar-refractivity contribution in [3.05, 3.63) is 106 Å². The SMILES string of the molecule is Cc1cc(C)nc(Oc2cccc(NC(=O)c3ccc4c(c3)C(=O)N(c3cccc(C)c3C)C4=O)c2)n1. The first kappa shape index (κ1) is 23.9. The van der Waals surface area contributed by atoms with E-state index >= 15 is 0 Å². The van der Waals surface area contributed by atoms with Crippen LogP contribution in [0.4, 0.5) is 11.4 Å². The molecule has 3 aromatic carbocycles. The van der Waals surface area contributed by atoms with Crippen molar-refractivity contribution in [1.29, 1.82) is 0 Å². The van der Waals surface area contributed by atoms with Crippen LogP contribution < -0.4 is 15.0 Å². The third-order valence-electron chi connectivity index (χ3n) is 6.23. The number of amides is 3. The molecular formula is C29H24N4O4. The first-order valence-corrected chi connectivity index (χ1v) is 11.7. The molecule has 2 heterocycles. The highest BCUT2D eigenvalue weighted by atomic mass is 16.5. The van der Waals surface area contributed by atoms with Gasteiger partial charge in [0.05, 0.1) is 16.8 Å². The van der Waals surface area contributed by atoms with E-state index in [-0.39, 0.29) is 22.7 Å². The molecule has 184 valence electrons. The lowest BCUT2D eigenvalue weighted by Crippen LogP contribution is -2.30. The quantitative estimate of drug-likeness (QED) is 0.366. The summed E-state index contributed by atoms with van der Waals surface area (Å²) in [6.45, 7) is 7.51. The molecule has 8 heteroatoms. The molecule has 0 saturated carbocycles. The number of nitrogens with zero attached hydrogens (tertiary/aromatic N) is 3. The van der Waals surface area contributed by atoms with E-state index in [1.807, 2.05) is 45.9 Å². The number of imide groups is 1. The van der Waals surface area contributed by atoms with Gasteiger partial charge in [-0.05, 0) is 81.3 Å². The minimum atomic E-state index is -0.452. The monoisotopic (exact) mass is 492 g/mol. The molecular weight excluding hydrogens is 468 g/mol. The lowest BCUT2D eigenvalue weighted by Gasteiger charge is -2.17. The molecule has 0 fully saturated rings. The van der Waals surface area contributed by atoms with Crippen LogP contribution in [0.3, 0.4) is 0 Å². The Bertz CT molecular complexity index is 1570. The zero-order chi connectivity index (χ0) is 26.3. The Morgan fingerprint density at radius 3 is 2.27 bits per heavy atom. The van der Waals surface area contributed by atoms with Gasteiger partial charge >= 0.3 is 6.01 Å². The van der Waals surface area contributed by atoms with E-state index in [1.54, 1.807) is 30.3 Å². The molecule has 5 rings (SSSR count). The van der Waals surface area contributed by atoms with Crippen LogP contribution in [0.2, 0.25) is 0 Å². The largest absolute Gasteiger partial charge is 0.424 e. The maximum Gasteiger partial charge on any atom is 0.322 e. The molecule has 0 spiro atoms. The van der Waals surface area contributed by atoms with E-state index in [2.05, 4.69) is 15.3 Å². The number of hydrogen-bond donors (Lipinski definition) is 1. The molecule has 0 radical (unpaired) electrons. The van der Waals surface area contributed by atoms with E-state index in [4.69, 9.17) is 4.74 Å². The van der Waals surface area contributed by atoms with Crippen molar-refractivity contribution in [3.63, 3.8) is 0 Å². The molecule has 1 aromatic heterocycles. The number of nitrogens with one attached hydrogen (secondary N) is 1. The fourth-order valence-corrected chi connectivity index (χ4v) is 4.26. The number of benzene rings is 3. The molecule has 8 nitrogen and oxygen atoms in total. The first-order valence-electron chi connectivity index (χ1n) is 11.7. The number of hydrogen-bond acceptors (Lipinski definition) is 6. The van der Waals surface area contributed by atoms with Gasteiger partial charge in [-0.15, -0.1) is 0 Å². The van der Waals surface area contributed by atoms with Crippen LogP contribution in [0.25, 0.3) is 0 Å². The number of carbonyl (C=O) groups excluding carboxylic acids is 3. The zero-order valence-corrected chi connectivity index (χ0v) is 20.8. The summed E-state index contributed by atoms with van der Waals surface area (Å²) in [6, 6.07) is 18.9. The number of ether oxygens (including phenoxy) is 1. The molecule has 0 aliphatic carbocycles. The third-order valence-corrected chi connectivity index (χ3v) is 6.23. The van der Waals surface area contributed by atoms with Gasteiger partial charge in [0.15, 0.2) is 0 Å². The summed E-state index contributed by atoms with van der Waals surface area (Å²) >= 11 is 0. The highest BCUT2D eigenvalue weighted by Crippen LogP contribution is 2.32. The molecule has 3 amide bonds. The van der Waals surface area contributed by atoms with Crippen molar-refractivity contribution < 1.29 is 19.1 Å². The Morgan fingerprint density at radius 1 is 0.811 bits per heavy atom. The van der Waals surface area contributed by atoms with E-state index in [0.29, 0.717) is 17.1 Å². The van der Waals surface area contributed by atoms with E-state index in [0.717, 1.165) is 22.5 Å². The Balaban J connectivity index is 1.36. The van der Waals surface area contributed by atoms with Crippen LogP contribution in [-0.4, -0.2) is 27.7 Å². The Labute approximate surface area is 213 Å². The summed E-state index contributed by atoms with van der Waals surface area (Å²) in [5, 5.41) is 2.81. The predicted molar refractivity (Wildman–Crippen MR) is 139 cm³/mol. The maximum absolute atomic E-state index is 13.2. The predicted octanol–water partition coefficient (Wildman–Crippen LogP) is 5.56. The van der Waals surface area contributed by atoms with Crippen molar-refractivity contribution >= 4 is 29.1 Å². The summed E-state index contributed by atoms with van der Waals surface area (Å²) < 4.78 is 5.76. The van der Waals surface area contributed by atoms with E-state index in [1.165, 1.54) is 23.1 Å². The lowest BCUT2D eigenvalue weighted by molar-refractivity contribution is 0.0925. The summed E-state index contributed by atoms with van der Waals surface area (Å²) in [7, 11) is 0. The number of carbonyl (C=O) groups is 3. The third kappa shape index (κ3) is 4.56. The normalized spacial score (nSPS) is 12.5. The summed E-state index contributed by atoms with van der Waals surface area (Å²) in [5.74, 6) is -0.818. The lowest BCUT2D eigenvalue weighted by atomic mass is 10.1. The molecule has 0 bridgehead atoms. The Hall–Kier alpha value is -4.85.